The molecule has 0 amide bonds. The predicted octanol–water partition coefficient (Wildman–Crippen LogP) is 1.98. The van der Waals surface area contributed by atoms with E-state index >= 15 is 0 Å². The second-order valence-electron chi connectivity index (χ2n) is 3.92. The zero-order valence-corrected chi connectivity index (χ0v) is 12.1. The molecule has 0 saturated heterocycles. The highest BCUT2D eigenvalue weighted by Crippen LogP contribution is 2.33. The van der Waals surface area contributed by atoms with Crippen molar-refractivity contribution in [1.82, 2.24) is 20.0 Å². The van der Waals surface area contributed by atoms with Crippen LogP contribution in [0.15, 0.2) is 4.47 Å². The van der Waals surface area contributed by atoms with Gasteiger partial charge < -0.3 is 4.74 Å². The molecule has 2 heterocycles. The van der Waals surface area contributed by atoms with Gasteiger partial charge in [0, 0.05) is 18.3 Å². The molecule has 0 aliphatic carbocycles. The van der Waals surface area contributed by atoms with E-state index in [-0.39, 0.29) is 0 Å². The Labute approximate surface area is 112 Å². The van der Waals surface area contributed by atoms with Gasteiger partial charge in [0.2, 0.25) is 0 Å². The number of ether oxygens (including phenoxy) is 1. The van der Waals surface area contributed by atoms with Gasteiger partial charge in [-0.2, -0.15) is 10.2 Å². The number of H-pyrrole nitrogens is 1. The smallest absolute Gasteiger partial charge is 0.357 e. The van der Waals surface area contributed by atoms with Crippen molar-refractivity contribution >= 4 is 21.9 Å². The number of carbonyl (C=O) groups excluding carboxylic acids is 1. The van der Waals surface area contributed by atoms with Crippen LogP contribution in [0.5, 0.6) is 0 Å². The lowest BCUT2D eigenvalue weighted by Gasteiger charge is -1.99. The number of rotatable bonds is 2. The van der Waals surface area contributed by atoms with Crippen molar-refractivity contribution in [3.8, 4) is 11.3 Å². The zero-order chi connectivity index (χ0) is 13.4. The van der Waals surface area contributed by atoms with E-state index in [4.69, 9.17) is 0 Å². The molecule has 0 atom stereocenters. The number of methoxy groups -OCH3 is 1. The summed E-state index contributed by atoms with van der Waals surface area (Å²) in [6, 6.07) is 0. The molecule has 0 aromatic carbocycles. The quantitative estimate of drug-likeness (QED) is 0.861. The molecule has 0 bridgehead atoms. The summed E-state index contributed by atoms with van der Waals surface area (Å²) >= 11 is 3.38. The Morgan fingerprint density at radius 2 is 2.11 bits per heavy atom. The van der Waals surface area contributed by atoms with E-state index in [2.05, 4.69) is 36.0 Å². The maximum Gasteiger partial charge on any atom is 0.357 e. The van der Waals surface area contributed by atoms with Crippen molar-refractivity contribution in [2.24, 2.45) is 7.05 Å². The average Bonchev–Trinajstić information content (AvgIpc) is 2.81. The van der Waals surface area contributed by atoms with Crippen molar-refractivity contribution in [1.29, 1.82) is 0 Å². The van der Waals surface area contributed by atoms with Gasteiger partial charge in [-0.05, 0) is 29.8 Å². The van der Waals surface area contributed by atoms with Gasteiger partial charge in [0.15, 0.2) is 5.69 Å². The van der Waals surface area contributed by atoms with Crippen LogP contribution in [-0.4, -0.2) is 33.1 Å². The van der Waals surface area contributed by atoms with Gasteiger partial charge in [-0.1, -0.05) is 0 Å². The molecule has 2 aromatic heterocycles. The number of aryl methyl sites for hydroxylation is 2. The molecule has 18 heavy (non-hydrogen) atoms. The highest BCUT2D eigenvalue weighted by Gasteiger charge is 2.22. The minimum absolute atomic E-state index is 0.301. The van der Waals surface area contributed by atoms with Crippen molar-refractivity contribution < 1.29 is 9.53 Å². The van der Waals surface area contributed by atoms with E-state index in [1.165, 1.54) is 7.11 Å². The van der Waals surface area contributed by atoms with Crippen LogP contribution in [0.25, 0.3) is 11.3 Å². The van der Waals surface area contributed by atoms with Gasteiger partial charge in [0.1, 0.15) is 5.69 Å². The number of aromatic amines is 1. The molecule has 0 unspecified atom stereocenters. The van der Waals surface area contributed by atoms with Crippen LogP contribution in [0, 0.1) is 13.8 Å². The molecule has 0 aliphatic heterocycles. The standard InChI is InChI=1S/C11H13BrN4O2/c1-5-7(6(2)16(3)15-5)9-8(12)10(14-13-9)11(17)18-4/h1-4H3,(H,13,14). The fourth-order valence-electron chi connectivity index (χ4n) is 1.85. The molecule has 0 radical (unpaired) electrons. The summed E-state index contributed by atoms with van der Waals surface area (Å²) in [6.07, 6.45) is 0. The number of aromatic nitrogens is 4. The predicted molar refractivity (Wildman–Crippen MR) is 69.3 cm³/mol. The maximum atomic E-state index is 11.5. The first-order valence-corrected chi connectivity index (χ1v) is 6.09. The van der Waals surface area contributed by atoms with Crippen LogP contribution in [0.1, 0.15) is 21.9 Å². The fourth-order valence-corrected chi connectivity index (χ4v) is 2.39. The molecule has 96 valence electrons. The topological polar surface area (TPSA) is 72.8 Å². The lowest BCUT2D eigenvalue weighted by Crippen LogP contribution is -2.02. The minimum atomic E-state index is -0.458. The van der Waals surface area contributed by atoms with E-state index in [0.29, 0.717) is 15.9 Å². The van der Waals surface area contributed by atoms with Crippen molar-refractivity contribution in [3.05, 3.63) is 21.6 Å². The molecule has 7 heteroatoms. The summed E-state index contributed by atoms with van der Waals surface area (Å²) in [5.41, 5.74) is 3.72. The van der Waals surface area contributed by atoms with E-state index in [1.807, 2.05) is 20.9 Å². The number of carbonyl (C=O) groups is 1. The first-order chi connectivity index (χ1) is 8.47. The van der Waals surface area contributed by atoms with Crippen molar-refractivity contribution in [2.45, 2.75) is 13.8 Å². The number of nitrogens with zero attached hydrogens (tertiary/aromatic N) is 3. The molecule has 0 spiro atoms. The molecular formula is C11H13BrN4O2. The molecule has 6 nitrogen and oxygen atoms in total. The number of hydrogen-bond donors (Lipinski definition) is 1. The Morgan fingerprint density at radius 3 is 2.61 bits per heavy atom. The molecule has 0 saturated carbocycles. The molecule has 0 aliphatic rings. The van der Waals surface area contributed by atoms with Gasteiger partial charge in [-0.25, -0.2) is 4.79 Å². The Morgan fingerprint density at radius 1 is 1.44 bits per heavy atom. The highest BCUT2D eigenvalue weighted by molar-refractivity contribution is 9.10. The van der Waals surface area contributed by atoms with Crippen LogP contribution >= 0.6 is 15.9 Å². The lowest BCUT2D eigenvalue weighted by molar-refractivity contribution is 0.0593. The van der Waals surface area contributed by atoms with Crippen molar-refractivity contribution in [3.63, 3.8) is 0 Å². The van der Waals surface area contributed by atoms with Crippen LogP contribution < -0.4 is 0 Å². The normalized spacial score (nSPS) is 10.7. The highest BCUT2D eigenvalue weighted by atomic mass is 79.9. The molecule has 0 fully saturated rings. The van der Waals surface area contributed by atoms with Gasteiger partial charge in [0.25, 0.3) is 0 Å². The first-order valence-electron chi connectivity index (χ1n) is 5.30. The van der Waals surface area contributed by atoms with Crippen LogP contribution in [0.2, 0.25) is 0 Å². The molecule has 2 rings (SSSR count). The van der Waals surface area contributed by atoms with Crippen LogP contribution in [0.3, 0.4) is 0 Å². The third kappa shape index (κ3) is 1.84. The van der Waals surface area contributed by atoms with Crippen LogP contribution in [-0.2, 0) is 11.8 Å². The van der Waals surface area contributed by atoms with Gasteiger partial charge >= 0.3 is 5.97 Å². The van der Waals surface area contributed by atoms with Crippen LogP contribution in [0.4, 0.5) is 0 Å². The van der Waals surface area contributed by atoms with E-state index < -0.39 is 5.97 Å². The summed E-state index contributed by atoms with van der Waals surface area (Å²) in [6.45, 7) is 3.86. The Bertz CT molecular complexity index is 615. The molecule has 1 N–H and O–H groups in total. The average molecular weight is 313 g/mol. The third-order valence-electron chi connectivity index (χ3n) is 2.84. The number of hydrogen-bond acceptors (Lipinski definition) is 4. The van der Waals surface area contributed by atoms with Gasteiger partial charge in [-0.3, -0.25) is 9.78 Å². The monoisotopic (exact) mass is 312 g/mol. The summed E-state index contributed by atoms with van der Waals surface area (Å²) in [7, 11) is 3.20. The number of esters is 1. The third-order valence-corrected chi connectivity index (χ3v) is 3.61. The number of halogens is 1. The summed E-state index contributed by atoms with van der Waals surface area (Å²) in [4.78, 5) is 11.5. The summed E-state index contributed by atoms with van der Waals surface area (Å²) in [5.74, 6) is -0.458. The molecule has 2 aromatic rings. The van der Waals surface area contributed by atoms with E-state index in [1.54, 1.807) is 4.68 Å². The Kier molecular flexibility index (Phi) is 3.25. The SMILES string of the molecule is COC(=O)c1[nH]nc(-c2c(C)nn(C)c2C)c1Br. The number of nitrogens with one attached hydrogen (secondary N) is 1. The first kappa shape index (κ1) is 12.8. The van der Waals surface area contributed by atoms with Crippen molar-refractivity contribution in [2.75, 3.05) is 7.11 Å². The summed E-state index contributed by atoms with van der Waals surface area (Å²) in [5, 5.41) is 11.2. The maximum absolute atomic E-state index is 11.5. The lowest BCUT2D eigenvalue weighted by atomic mass is 10.1. The Hall–Kier alpha value is -1.63. The second-order valence-corrected chi connectivity index (χ2v) is 4.72. The van der Waals surface area contributed by atoms with E-state index in [0.717, 1.165) is 17.0 Å². The van der Waals surface area contributed by atoms with E-state index in [9.17, 15) is 4.79 Å². The minimum Gasteiger partial charge on any atom is -0.464 e. The molecular weight excluding hydrogens is 300 g/mol. The largest absolute Gasteiger partial charge is 0.464 e. The second kappa shape index (κ2) is 4.56. The van der Waals surface area contributed by atoms with Gasteiger partial charge in [0.05, 0.1) is 17.3 Å². The Balaban J connectivity index is 2.59. The zero-order valence-electron chi connectivity index (χ0n) is 10.5. The summed E-state index contributed by atoms with van der Waals surface area (Å²) < 4.78 is 7.04. The van der Waals surface area contributed by atoms with Gasteiger partial charge in [-0.15, -0.1) is 0 Å². The fraction of sp³-hybridized carbons (Fsp3) is 0.364.